The van der Waals surface area contributed by atoms with Gasteiger partial charge in [0.15, 0.2) is 17.3 Å². The van der Waals surface area contributed by atoms with Crippen molar-refractivity contribution in [3.8, 4) is 28.4 Å². The lowest BCUT2D eigenvalue weighted by Gasteiger charge is -2.40. The van der Waals surface area contributed by atoms with Crippen LogP contribution in [0, 0.1) is 5.41 Å². The number of esters is 1. The van der Waals surface area contributed by atoms with E-state index in [1.807, 2.05) is 66.7 Å². The number of methoxy groups -OCH3 is 1. The second-order valence-electron chi connectivity index (χ2n) is 16.3. The average molecular weight is 835 g/mol. The standard InChI is InChI=1S/C53H58N2O7/c1-4-15-38-20-23-40(24-21-38)47(56)36-60-35-39-22-26-48(42(32-39)34-54-55-51-45-18-10-8-16-43(45)44-17-9-11-19-46(44)51)62-52(57)41-25-27-49(50(33-41)58-3)61-31-13-7-6-12-30-59-37-53(5-2)28-14-29-53/h8-11,16-27,32-34H,4-7,12-15,28-31,35-37H2,1-3H3/b54-34+. The Hall–Kier alpha value is -5.90. The molecule has 0 spiro atoms. The Labute approximate surface area is 366 Å². The Balaban J connectivity index is 0.995. The van der Waals surface area contributed by atoms with Crippen LogP contribution in [-0.2, 0) is 22.5 Å². The van der Waals surface area contributed by atoms with Gasteiger partial charge in [0.1, 0.15) is 18.1 Å². The molecule has 1 fully saturated rings. The van der Waals surface area contributed by atoms with Gasteiger partial charge in [-0.15, -0.1) is 5.10 Å². The van der Waals surface area contributed by atoms with E-state index in [9.17, 15) is 9.59 Å². The van der Waals surface area contributed by atoms with Gasteiger partial charge in [-0.25, -0.2) is 4.79 Å². The molecular weight excluding hydrogens is 777 g/mol. The second-order valence-corrected chi connectivity index (χ2v) is 16.3. The van der Waals surface area contributed by atoms with Gasteiger partial charge in [-0.2, -0.15) is 5.10 Å². The van der Waals surface area contributed by atoms with Crippen LogP contribution in [-0.4, -0.2) is 57.2 Å². The number of rotatable bonds is 23. The Bertz CT molecular complexity index is 2310. The topological polar surface area (TPSA) is 105 Å². The van der Waals surface area contributed by atoms with Crippen LogP contribution in [0.3, 0.4) is 0 Å². The molecule has 0 saturated heterocycles. The normalized spacial score (nSPS) is 13.6. The molecule has 1 saturated carbocycles. The Kier molecular flexibility index (Phi) is 15.5. The molecule has 9 heteroatoms. The first-order valence-corrected chi connectivity index (χ1v) is 22.1. The van der Waals surface area contributed by atoms with Crippen LogP contribution in [0.2, 0.25) is 0 Å². The molecule has 0 atom stereocenters. The Morgan fingerprint density at radius 3 is 2.02 bits per heavy atom. The first-order valence-electron chi connectivity index (χ1n) is 22.1. The average Bonchev–Trinajstić information content (AvgIpc) is 3.60. The van der Waals surface area contributed by atoms with E-state index < -0.39 is 5.97 Å². The number of nitrogens with zero attached hydrogens (tertiary/aromatic N) is 2. The summed E-state index contributed by atoms with van der Waals surface area (Å²) in [5, 5.41) is 9.20. The maximum atomic E-state index is 13.7. The maximum Gasteiger partial charge on any atom is 0.343 e. The lowest BCUT2D eigenvalue weighted by Crippen LogP contribution is -2.33. The van der Waals surface area contributed by atoms with E-state index in [-0.39, 0.29) is 24.7 Å². The zero-order valence-corrected chi connectivity index (χ0v) is 36.3. The van der Waals surface area contributed by atoms with E-state index in [1.165, 1.54) is 31.2 Å². The van der Waals surface area contributed by atoms with Crippen molar-refractivity contribution in [1.82, 2.24) is 0 Å². The number of carbonyl (C=O) groups excluding carboxylic acids is 2. The first kappa shape index (κ1) is 44.2. The fourth-order valence-corrected chi connectivity index (χ4v) is 8.10. The molecule has 5 aromatic carbocycles. The summed E-state index contributed by atoms with van der Waals surface area (Å²) >= 11 is 0. The molecule has 0 unspecified atom stereocenters. The third kappa shape index (κ3) is 11.1. The van der Waals surface area contributed by atoms with Crippen LogP contribution >= 0.6 is 0 Å². The third-order valence-corrected chi connectivity index (χ3v) is 12.0. The van der Waals surface area contributed by atoms with Crippen LogP contribution in [0.5, 0.6) is 17.2 Å². The summed E-state index contributed by atoms with van der Waals surface area (Å²) in [5.41, 5.74) is 8.80. The fourth-order valence-electron chi connectivity index (χ4n) is 8.10. The summed E-state index contributed by atoms with van der Waals surface area (Å²) in [6, 6.07) is 34.3. The minimum absolute atomic E-state index is 0.0730. The molecule has 0 aliphatic heterocycles. The minimum atomic E-state index is -0.571. The highest BCUT2D eigenvalue weighted by molar-refractivity contribution is 6.24. The molecule has 9 nitrogen and oxygen atoms in total. The number of carbonyl (C=O) groups is 2. The summed E-state index contributed by atoms with van der Waals surface area (Å²) in [6.45, 7) is 6.75. The number of Topliss-reactive ketones (excluding diaryl/α,β-unsaturated/α-hetero) is 1. The van der Waals surface area contributed by atoms with Crippen molar-refractivity contribution in [2.24, 2.45) is 15.6 Å². The molecule has 322 valence electrons. The van der Waals surface area contributed by atoms with E-state index in [0.717, 1.165) is 85.3 Å². The van der Waals surface area contributed by atoms with Gasteiger partial charge in [0.2, 0.25) is 0 Å². The molecule has 0 amide bonds. The lowest BCUT2D eigenvalue weighted by molar-refractivity contribution is -0.01000. The number of aryl methyl sites for hydroxylation is 1. The Morgan fingerprint density at radius 2 is 1.35 bits per heavy atom. The summed E-state index contributed by atoms with van der Waals surface area (Å²) in [5.74, 6) is 0.633. The number of ether oxygens (including phenoxy) is 5. The number of benzene rings is 5. The molecule has 2 aliphatic carbocycles. The zero-order chi connectivity index (χ0) is 43.2. The number of fused-ring (bicyclic) bond motifs is 3. The van der Waals surface area contributed by atoms with Crippen molar-refractivity contribution in [3.05, 3.63) is 148 Å². The molecule has 0 bridgehead atoms. The summed E-state index contributed by atoms with van der Waals surface area (Å²) < 4.78 is 29.6. The highest BCUT2D eigenvalue weighted by Gasteiger charge is 2.35. The van der Waals surface area contributed by atoms with Gasteiger partial charge in [0.25, 0.3) is 0 Å². The van der Waals surface area contributed by atoms with Crippen LogP contribution < -0.4 is 14.2 Å². The molecule has 62 heavy (non-hydrogen) atoms. The van der Waals surface area contributed by atoms with Gasteiger partial charge in [-0.05, 0) is 103 Å². The van der Waals surface area contributed by atoms with E-state index in [4.69, 9.17) is 23.7 Å². The smallest absolute Gasteiger partial charge is 0.343 e. The van der Waals surface area contributed by atoms with Crippen molar-refractivity contribution < 1.29 is 33.3 Å². The summed E-state index contributed by atoms with van der Waals surface area (Å²) in [7, 11) is 1.55. The van der Waals surface area contributed by atoms with E-state index in [2.05, 4.69) is 36.2 Å². The predicted molar refractivity (Wildman–Crippen MR) is 245 cm³/mol. The van der Waals surface area contributed by atoms with Crippen molar-refractivity contribution in [1.29, 1.82) is 0 Å². The number of unbranched alkanes of at least 4 members (excludes halogenated alkanes) is 3. The largest absolute Gasteiger partial charge is 0.493 e. The predicted octanol–water partition coefficient (Wildman–Crippen LogP) is 11.7. The monoisotopic (exact) mass is 834 g/mol. The maximum absolute atomic E-state index is 13.7. The molecule has 0 heterocycles. The van der Waals surface area contributed by atoms with Gasteiger partial charge < -0.3 is 23.7 Å². The van der Waals surface area contributed by atoms with Crippen LogP contribution in [0.4, 0.5) is 0 Å². The highest BCUT2D eigenvalue weighted by atomic mass is 16.5. The SMILES string of the molecule is CCCc1ccc(C(=O)COCc2ccc(OC(=O)c3ccc(OCCCCCCOCC4(CC)CCC4)c(OC)c3)c(/C=N/N=C3c4ccccc4-c4ccccc43)c2)cc1. The zero-order valence-electron chi connectivity index (χ0n) is 36.3. The van der Waals surface area contributed by atoms with Crippen LogP contribution in [0.1, 0.15) is 120 Å². The number of ketones is 1. The Morgan fingerprint density at radius 1 is 0.694 bits per heavy atom. The minimum Gasteiger partial charge on any atom is -0.493 e. The third-order valence-electron chi connectivity index (χ3n) is 12.0. The van der Waals surface area contributed by atoms with Crippen molar-refractivity contribution in [2.75, 3.05) is 33.5 Å². The highest BCUT2D eigenvalue weighted by Crippen LogP contribution is 2.44. The second kappa shape index (κ2) is 21.8. The molecule has 2 aliphatic rings. The van der Waals surface area contributed by atoms with Crippen LogP contribution in [0.25, 0.3) is 11.1 Å². The van der Waals surface area contributed by atoms with Gasteiger partial charge in [0.05, 0.1) is 38.7 Å². The van der Waals surface area contributed by atoms with Crippen molar-refractivity contribution in [2.45, 2.75) is 84.7 Å². The van der Waals surface area contributed by atoms with Gasteiger partial charge in [-0.3, -0.25) is 4.79 Å². The van der Waals surface area contributed by atoms with Gasteiger partial charge >= 0.3 is 5.97 Å². The molecule has 0 aromatic heterocycles. The van der Waals surface area contributed by atoms with E-state index in [0.29, 0.717) is 40.2 Å². The lowest BCUT2D eigenvalue weighted by atomic mass is 9.68. The molecule has 5 aromatic rings. The van der Waals surface area contributed by atoms with E-state index >= 15 is 0 Å². The van der Waals surface area contributed by atoms with Crippen molar-refractivity contribution in [3.63, 3.8) is 0 Å². The fraction of sp³-hybridized carbons (Fsp3) is 0.358. The molecule has 7 rings (SSSR count). The molecule has 0 N–H and O–H groups in total. The van der Waals surface area contributed by atoms with E-state index in [1.54, 1.807) is 43.7 Å². The summed E-state index contributed by atoms with van der Waals surface area (Å²) in [6.07, 6.45) is 12.8. The number of hydrogen-bond acceptors (Lipinski definition) is 9. The summed E-state index contributed by atoms with van der Waals surface area (Å²) in [4.78, 5) is 26.6. The number of hydrogen-bond donors (Lipinski definition) is 0. The molecular formula is C53H58N2O7. The van der Waals surface area contributed by atoms with Gasteiger partial charge in [0, 0.05) is 28.9 Å². The van der Waals surface area contributed by atoms with Crippen LogP contribution in [0.15, 0.2) is 119 Å². The first-order chi connectivity index (χ1) is 30.4. The quantitative estimate of drug-likeness (QED) is 0.0158. The molecule has 0 radical (unpaired) electrons. The van der Waals surface area contributed by atoms with Gasteiger partial charge in [-0.1, -0.05) is 112 Å². The van der Waals surface area contributed by atoms with Crippen molar-refractivity contribution >= 4 is 23.7 Å².